The van der Waals surface area contributed by atoms with Crippen molar-refractivity contribution in [2.24, 2.45) is 5.10 Å². The molecule has 26 heavy (non-hydrogen) atoms. The van der Waals surface area contributed by atoms with Gasteiger partial charge < -0.3 is 15.5 Å². The van der Waals surface area contributed by atoms with Gasteiger partial charge in [-0.25, -0.2) is 0 Å². The smallest absolute Gasteiger partial charge is 0.268 e. The number of carbonyl (C=O) groups excluding carboxylic acids is 1. The number of aliphatic hydroxyl groups is 2. The number of hydrazone groups is 1. The van der Waals surface area contributed by atoms with Crippen LogP contribution in [0.25, 0.3) is 0 Å². The fourth-order valence-electron chi connectivity index (χ4n) is 2.88. The van der Waals surface area contributed by atoms with Crippen LogP contribution in [-0.2, 0) is 4.79 Å². The van der Waals surface area contributed by atoms with Crippen LogP contribution in [0.3, 0.4) is 0 Å². The monoisotopic (exact) mass is 353 g/mol. The minimum Gasteiger partial charge on any atom is -0.394 e. The Hall–Kier alpha value is -2.70. The second-order valence-electron chi connectivity index (χ2n) is 6.69. The maximum atomic E-state index is 12.6. The first kappa shape index (κ1) is 18.1. The number of rotatable bonds is 6. The molecule has 6 heteroatoms. The quantitative estimate of drug-likeness (QED) is 0.740. The van der Waals surface area contributed by atoms with Crippen molar-refractivity contribution in [3.8, 4) is 0 Å². The molecule has 1 heterocycles. The first-order valence-corrected chi connectivity index (χ1v) is 8.57. The molecule has 0 spiro atoms. The molecule has 0 radical (unpaired) electrons. The van der Waals surface area contributed by atoms with Gasteiger partial charge in [-0.15, -0.1) is 0 Å². The predicted octanol–water partition coefficient (Wildman–Crippen LogP) is 1.85. The van der Waals surface area contributed by atoms with Crippen LogP contribution in [0.15, 0.2) is 65.8 Å². The summed E-state index contributed by atoms with van der Waals surface area (Å²) in [6.45, 7) is 0.879. The van der Waals surface area contributed by atoms with E-state index in [0.29, 0.717) is 12.1 Å². The summed E-state index contributed by atoms with van der Waals surface area (Å²) >= 11 is 0. The van der Waals surface area contributed by atoms with Crippen molar-refractivity contribution in [1.29, 1.82) is 0 Å². The Morgan fingerprint density at radius 2 is 1.69 bits per heavy atom. The van der Waals surface area contributed by atoms with Crippen LogP contribution in [0.4, 0.5) is 5.69 Å². The SMILES string of the molecule is CC(CO)(CO)NC(=O)C1=NN(c2ccccc2)C(c2ccccc2)C1. The van der Waals surface area contributed by atoms with Crippen molar-refractivity contribution in [3.05, 3.63) is 66.2 Å². The van der Waals surface area contributed by atoms with E-state index >= 15 is 0 Å². The van der Waals surface area contributed by atoms with Gasteiger partial charge in [-0.05, 0) is 24.6 Å². The minimum absolute atomic E-state index is 0.0890. The third-order valence-electron chi connectivity index (χ3n) is 4.49. The summed E-state index contributed by atoms with van der Waals surface area (Å²) in [7, 11) is 0. The van der Waals surface area contributed by atoms with E-state index in [1.807, 2.05) is 65.7 Å². The lowest BCUT2D eigenvalue weighted by atomic mass is 10.00. The van der Waals surface area contributed by atoms with E-state index in [4.69, 9.17) is 0 Å². The summed E-state index contributed by atoms with van der Waals surface area (Å²) in [5, 5.41) is 27.9. The summed E-state index contributed by atoms with van der Waals surface area (Å²) in [6, 6.07) is 19.5. The Labute approximate surface area is 152 Å². The van der Waals surface area contributed by atoms with Gasteiger partial charge in [0.05, 0.1) is 30.5 Å². The van der Waals surface area contributed by atoms with Gasteiger partial charge >= 0.3 is 0 Å². The van der Waals surface area contributed by atoms with Gasteiger partial charge in [-0.2, -0.15) is 5.10 Å². The van der Waals surface area contributed by atoms with Crippen LogP contribution in [-0.4, -0.2) is 40.6 Å². The lowest BCUT2D eigenvalue weighted by Gasteiger charge is -2.25. The molecule has 2 aromatic rings. The normalized spacial score (nSPS) is 17.1. The molecule has 136 valence electrons. The van der Waals surface area contributed by atoms with Crippen LogP contribution < -0.4 is 10.3 Å². The molecular weight excluding hydrogens is 330 g/mol. The Kier molecular flexibility index (Phi) is 5.35. The van der Waals surface area contributed by atoms with Gasteiger partial charge in [0.2, 0.25) is 0 Å². The number of anilines is 1. The van der Waals surface area contributed by atoms with Crippen molar-refractivity contribution in [2.75, 3.05) is 18.2 Å². The van der Waals surface area contributed by atoms with E-state index in [1.54, 1.807) is 6.92 Å². The minimum atomic E-state index is -1.08. The largest absolute Gasteiger partial charge is 0.394 e. The van der Waals surface area contributed by atoms with Crippen molar-refractivity contribution in [2.45, 2.75) is 24.9 Å². The van der Waals surface area contributed by atoms with Gasteiger partial charge in [0.25, 0.3) is 5.91 Å². The number of aliphatic hydroxyl groups excluding tert-OH is 2. The molecule has 0 bridgehead atoms. The number of hydrogen-bond acceptors (Lipinski definition) is 5. The molecule has 1 atom stereocenters. The van der Waals surface area contributed by atoms with Crippen LogP contribution >= 0.6 is 0 Å². The summed E-state index contributed by atoms with van der Waals surface area (Å²) in [4.78, 5) is 12.6. The average Bonchev–Trinajstić information content (AvgIpc) is 3.15. The number of para-hydroxylation sites is 1. The summed E-state index contributed by atoms with van der Waals surface area (Å²) < 4.78 is 0. The molecule has 1 unspecified atom stereocenters. The number of benzene rings is 2. The van der Waals surface area contributed by atoms with Crippen molar-refractivity contribution in [3.63, 3.8) is 0 Å². The van der Waals surface area contributed by atoms with Crippen LogP contribution in [0.5, 0.6) is 0 Å². The molecule has 2 aromatic carbocycles. The van der Waals surface area contributed by atoms with Crippen molar-refractivity contribution < 1.29 is 15.0 Å². The molecule has 1 aliphatic rings. The summed E-state index contributed by atoms with van der Waals surface area (Å²) in [5.74, 6) is -0.380. The number of nitrogens with zero attached hydrogens (tertiary/aromatic N) is 2. The summed E-state index contributed by atoms with van der Waals surface area (Å²) in [5.41, 5.74) is 1.25. The van der Waals surface area contributed by atoms with E-state index in [0.717, 1.165) is 11.3 Å². The van der Waals surface area contributed by atoms with E-state index in [-0.39, 0.29) is 25.2 Å². The van der Waals surface area contributed by atoms with E-state index in [2.05, 4.69) is 10.4 Å². The fraction of sp³-hybridized carbons (Fsp3) is 0.300. The first-order chi connectivity index (χ1) is 12.6. The third kappa shape index (κ3) is 3.76. The van der Waals surface area contributed by atoms with Crippen LogP contribution in [0.1, 0.15) is 24.9 Å². The highest BCUT2D eigenvalue weighted by atomic mass is 16.3. The molecular formula is C20H23N3O3. The van der Waals surface area contributed by atoms with E-state index in [9.17, 15) is 15.0 Å². The molecule has 3 N–H and O–H groups in total. The second-order valence-corrected chi connectivity index (χ2v) is 6.69. The Bertz CT molecular complexity index is 773. The van der Waals surface area contributed by atoms with Crippen LogP contribution in [0.2, 0.25) is 0 Å². The second kappa shape index (κ2) is 7.68. The highest BCUT2D eigenvalue weighted by Crippen LogP contribution is 2.35. The number of nitrogens with one attached hydrogen (secondary N) is 1. The molecule has 0 aromatic heterocycles. The highest BCUT2D eigenvalue weighted by molar-refractivity contribution is 6.40. The predicted molar refractivity (Wildman–Crippen MR) is 101 cm³/mol. The van der Waals surface area contributed by atoms with Gasteiger partial charge in [-0.1, -0.05) is 48.5 Å². The molecule has 1 amide bonds. The van der Waals surface area contributed by atoms with E-state index < -0.39 is 5.54 Å². The van der Waals surface area contributed by atoms with Gasteiger partial charge in [0.15, 0.2) is 0 Å². The third-order valence-corrected chi connectivity index (χ3v) is 4.49. The van der Waals surface area contributed by atoms with Crippen molar-refractivity contribution in [1.82, 2.24) is 5.32 Å². The Balaban J connectivity index is 1.89. The zero-order chi connectivity index (χ0) is 18.6. The Morgan fingerprint density at radius 1 is 1.12 bits per heavy atom. The molecule has 0 saturated carbocycles. The first-order valence-electron chi connectivity index (χ1n) is 8.57. The van der Waals surface area contributed by atoms with Crippen LogP contribution in [0, 0.1) is 0 Å². The Morgan fingerprint density at radius 3 is 2.27 bits per heavy atom. The van der Waals surface area contributed by atoms with Gasteiger partial charge in [0, 0.05) is 6.42 Å². The van der Waals surface area contributed by atoms with Gasteiger partial charge in [-0.3, -0.25) is 9.80 Å². The standard InChI is InChI=1S/C20H23N3O3/c1-20(13-24,14-25)21-19(26)17-12-18(15-8-4-2-5-9-15)23(22-17)16-10-6-3-7-11-16/h2-11,18,24-25H,12-14H2,1H3,(H,21,26). The fourth-order valence-corrected chi connectivity index (χ4v) is 2.88. The number of hydrogen-bond donors (Lipinski definition) is 3. The maximum absolute atomic E-state index is 12.6. The lowest BCUT2D eigenvalue weighted by Crippen LogP contribution is -2.53. The molecule has 3 rings (SSSR count). The zero-order valence-electron chi connectivity index (χ0n) is 14.7. The highest BCUT2D eigenvalue weighted by Gasteiger charge is 2.34. The molecule has 0 aliphatic carbocycles. The molecule has 0 fully saturated rings. The maximum Gasteiger partial charge on any atom is 0.268 e. The van der Waals surface area contributed by atoms with E-state index in [1.165, 1.54) is 0 Å². The number of amides is 1. The molecule has 0 saturated heterocycles. The topological polar surface area (TPSA) is 85.2 Å². The van der Waals surface area contributed by atoms with Gasteiger partial charge in [0.1, 0.15) is 5.71 Å². The average molecular weight is 353 g/mol. The molecule has 6 nitrogen and oxygen atoms in total. The molecule has 1 aliphatic heterocycles. The van der Waals surface area contributed by atoms with Crippen molar-refractivity contribution >= 4 is 17.3 Å². The zero-order valence-corrected chi connectivity index (χ0v) is 14.7. The number of carbonyl (C=O) groups is 1. The summed E-state index contributed by atoms with van der Waals surface area (Å²) in [6.07, 6.45) is 0.442. The lowest BCUT2D eigenvalue weighted by molar-refractivity contribution is -0.117.